The van der Waals surface area contributed by atoms with Gasteiger partial charge in [0.2, 0.25) is 0 Å². The minimum atomic E-state index is -4.65. The van der Waals surface area contributed by atoms with E-state index in [4.69, 9.17) is 11.6 Å². The van der Waals surface area contributed by atoms with Gasteiger partial charge in [0.05, 0.1) is 5.69 Å². The SMILES string of the molecule is CC(C)(C)c1cc2nc(C(F)(F)F)cc(NNC(=O)c3ccc(Cl)cc3)n2n1. The van der Waals surface area contributed by atoms with Crippen molar-refractivity contribution in [2.24, 2.45) is 0 Å². The van der Waals surface area contributed by atoms with Crippen molar-refractivity contribution in [1.82, 2.24) is 20.0 Å². The van der Waals surface area contributed by atoms with Gasteiger partial charge in [0.1, 0.15) is 0 Å². The monoisotopic (exact) mass is 411 g/mol. The van der Waals surface area contributed by atoms with Gasteiger partial charge in [-0.15, -0.1) is 0 Å². The van der Waals surface area contributed by atoms with Gasteiger partial charge < -0.3 is 0 Å². The van der Waals surface area contributed by atoms with Crippen LogP contribution in [0.2, 0.25) is 5.02 Å². The molecule has 1 amide bonds. The molecule has 0 aliphatic carbocycles. The normalized spacial score (nSPS) is 12.2. The molecule has 0 unspecified atom stereocenters. The molecule has 2 aromatic heterocycles. The highest BCUT2D eigenvalue weighted by molar-refractivity contribution is 6.30. The molecule has 10 heteroatoms. The number of rotatable bonds is 3. The first kappa shape index (κ1) is 19.9. The molecule has 0 atom stereocenters. The summed E-state index contributed by atoms with van der Waals surface area (Å²) in [6.45, 7) is 5.65. The Balaban J connectivity index is 1.96. The Morgan fingerprint density at radius 3 is 2.29 bits per heavy atom. The summed E-state index contributed by atoms with van der Waals surface area (Å²) in [6, 6.07) is 8.33. The van der Waals surface area contributed by atoms with E-state index in [9.17, 15) is 18.0 Å². The number of hydrogen-bond acceptors (Lipinski definition) is 4. The van der Waals surface area contributed by atoms with E-state index in [0.717, 1.165) is 6.07 Å². The second kappa shape index (κ2) is 6.97. The van der Waals surface area contributed by atoms with Crippen molar-refractivity contribution < 1.29 is 18.0 Å². The van der Waals surface area contributed by atoms with Gasteiger partial charge in [-0.25, -0.2) is 4.98 Å². The molecule has 6 nitrogen and oxygen atoms in total. The van der Waals surface area contributed by atoms with Crippen LogP contribution in [-0.4, -0.2) is 20.5 Å². The number of anilines is 1. The molecule has 0 bridgehead atoms. The first-order valence-corrected chi connectivity index (χ1v) is 8.63. The third kappa shape index (κ3) is 4.19. The Labute approximate surface area is 163 Å². The summed E-state index contributed by atoms with van der Waals surface area (Å²) in [5.74, 6) is -0.617. The molecule has 0 spiro atoms. The Morgan fingerprint density at radius 1 is 1.07 bits per heavy atom. The number of hydrazine groups is 1. The quantitative estimate of drug-likeness (QED) is 0.624. The standard InChI is InChI=1S/C18H17ClF3N5O/c1-17(2,3)12-8-14-23-13(18(20,21)22)9-15(27(14)26-12)24-25-16(28)10-4-6-11(19)7-5-10/h4-9,24H,1-3H3,(H,25,28). The van der Waals surface area contributed by atoms with Crippen LogP contribution in [0.1, 0.15) is 42.5 Å². The number of carbonyl (C=O) groups excluding carboxylic acids is 1. The maximum Gasteiger partial charge on any atom is 0.433 e. The number of aromatic nitrogens is 3. The minimum absolute atomic E-state index is 0.0167. The van der Waals surface area contributed by atoms with Crippen LogP contribution >= 0.6 is 11.6 Å². The van der Waals surface area contributed by atoms with E-state index in [1.54, 1.807) is 0 Å². The number of halogens is 4. The third-order valence-electron chi connectivity index (χ3n) is 3.90. The molecule has 0 saturated heterocycles. The van der Waals surface area contributed by atoms with E-state index in [0.29, 0.717) is 10.7 Å². The van der Waals surface area contributed by atoms with E-state index in [-0.39, 0.29) is 17.0 Å². The number of benzene rings is 1. The number of nitrogens with one attached hydrogen (secondary N) is 2. The first-order chi connectivity index (χ1) is 12.9. The van der Waals surface area contributed by atoms with Crippen LogP contribution < -0.4 is 10.9 Å². The fourth-order valence-corrected chi connectivity index (χ4v) is 2.50. The average Bonchev–Trinajstić information content (AvgIpc) is 3.04. The summed E-state index contributed by atoms with van der Waals surface area (Å²) in [5.41, 5.74) is 4.25. The van der Waals surface area contributed by atoms with Crippen molar-refractivity contribution in [3.05, 3.63) is 58.4 Å². The van der Waals surface area contributed by atoms with Crippen molar-refractivity contribution in [1.29, 1.82) is 0 Å². The van der Waals surface area contributed by atoms with Crippen LogP contribution in [0.15, 0.2) is 36.4 Å². The van der Waals surface area contributed by atoms with Gasteiger partial charge >= 0.3 is 6.18 Å². The third-order valence-corrected chi connectivity index (χ3v) is 4.15. The zero-order valence-corrected chi connectivity index (χ0v) is 16.0. The molecule has 3 aromatic rings. The predicted molar refractivity (Wildman–Crippen MR) is 99.2 cm³/mol. The summed E-state index contributed by atoms with van der Waals surface area (Å²) in [6.07, 6.45) is -4.65. The number of amides is 1. The van der Waals surface area contributed by atoms with Crippen LogP contribution in [0.25, 0.3) is 5.65 Å². The number of fused-ring (bicyclic) bond motifs is 1. The van der Waals surface area contributed by atoms with Gasteiger partial charge in [-0.2, -0.15) is 22.8 Å². The summed E-state index contributed by atoms with van der Waals surface area (Å²) >= 11 is 5.78. The smallest absolute Gasteiger partial charge is 0.281 e. The van der Waals surface area contributed by atoms with E-state index >= 15 is 0 Å². The van der Waals surface area contributed by atoms with Gasteiger partial charge in [0.25, 0.3) is 5.91 Å². The highest BCUT2D eigenvalue weighted by Gasteiger charge is 2.34. The number of carbonyl (C=O) groups is 1. The Kier molecular flexibility index (Phi) is 4.97. The molecule has 3 rings (SSSR count). The molecule has 148 valence electrons. The molecule has 0 saturated carbocycles. The molecule has 0 radical (unpaired) electrons. The topological polar surface area (TPSA) is 71.3 Å². The first-order valence-electron chi connectivity index (χ1n) is 8.25. The highest BCUT2D eigenvalue weighted by atomic mass is 35.5. The summed E-state index contributed by atoms with van der Waals surface area (Å²) in [4.78, 5) is 15.9. The second-order valence-corrected chi connectivity index (χ2v) is 7.60. The van der Waals surface area contributed by atoms with Crippen LogP contribution in [0.3, 0.4) is 0 Å². The molecule has 0 fully saturated rings. The maximum absolute atomic E-state index is 13.2. The lowest BCUT2D eigenvalue weighted by atomic mass is 9.93. The molecule has 0 aliphatic rings. The summed E-state index contributed by atoms with van der Waals surface area (Å²) < 4.78 is 40.9. The van der Waals surface area contributed by atoms with Crippen molar-refractivity contribution in [2.75, 3.05) is 5.43 Å². The van der Waals surface area contributed by atoms with Crippen molar-refractivity contribution in [3.8, 4) is 0 Å². The van der Waals surface area contributed by atoms with Crippen LogP contribution in [0.4, 0.5) is 19.0 Å². The lowest BCUT2D eigenvalue weighted by Crippen LogP contribution is -2.31. The van der Waals surface area contributed by atoms with Gasteiger partial charge in [-0.1, -0.05) is 32.4 Å². The number of nitrogens with zero attached hydrogens (tertiary/aromatic N) is 3. The van der Waals surface area contributed by atoms with Gasteiger partial charge in [0.15, 0.2) is 17.2 Å². The molecule has 0 aliphatic heterocycles. The van der Waals surface area contributed by atoms with E-state index < -0.39 is 23.2 Å². The summed E-state index contributed by atoms with van der Waals surface area (Å²) in [5, 5.41) is 4.78. The molecule has 1 aromatic carbocycles. The van der Waals surface area contributed by atoms with Crippen molar-refractivity contribution in [2.45, 2.75) is 32.4 Å². The second-order valence-electron chi connectivity index (χ2n) is 7.16. The van der Waals surface area contributed by atoms with Crippen LogP contribution in [0.5, 0.6) is 0 Å². The van der Waals surface area contributed by atoms with Crippen molar-refractivity contribution >= 4 is 29.0 Å². The molecule has 2 N–H and O–H groups in total. The Bertz CT molecular complexity index is 1020. The van der Waals surface area contributed by atoms with E-state index in [1.165, 1.54) is 34.8 Å². The van der Waals surface area contributed by atoms with Gasteiger partial charge in [-0.3, -0.25) is 15.6 Å². The number of hydrogen-bond donors (Lipinski definition) is 2. The lowest BCUT2D eigenvalue weighted by molar-refractivity contribution is -0.141. The molecule has 28 heavy (non-hydrogen) atoms. The number of alkyl halides is 3. The van der Waals surface area contributed by atoms with Crippen LogP contribution in [-0.2, 0) is 11.6 Å². The molecule has 2 heterocycles. The molecular formula is C18H17ClF3N5O. The zero-order valence-electron chi connectivity index (χ0n) is 15.2. The minimum Gasteiger partial charge on any atom is -0.281 e. The summed E-state index contributed by atoms with van der Waals surface area (Å²) in [7, 11) is 0. The van der Waals surface area contributed by atoms with Gasteiger partial charge in [-0.05, 0) is 24.3 Å². The highest BCUT2D eigenvalue weighted by Crippen LogP contribution is 2.31. The fourth-order valence-electron chi connectivity index (χ4n) is 2.37. The average molecular weight is 412 g/mol. The van der Waals surface area contributed by atoms with Crippen LogP contribution in [0, 0.1) is 0 Å². The maximum atomic E-state index is 13.2. The predicted octanol–water partition coefficient (Wildman–Crippen LogP) is 4.46. The molecular weight excluding hydrogens is 395 g/mol. The largest absolute Gasteiger partial charge is 0.433 e. The fraction of sp³-hybridized carbons (Fsp3) is 0.278. The Hall–Kier alpha value is -2.81. The Morgan fingerprint density at radius 2 is 1.71 bits per heavy atom. The lowest BCUT2D eigenvalue weighted by Gasteiger charge is -2.14. The van der Waals surface area contributed by atoms with E-state index in [1.807, 2.05) is 20.8 Å². The van der Waals surface area contributed by atoms with Crippen molar-refractivity contribution in [3.63, 3.8) is 0 Å². The van der Waals surface area contributed by atoms with Gasteiger partial charge in [0, 0.05) is 28.1 Å². The zero-order chi connectivity index (χ0) is 20.7. The van der Waals surface area contributed by atoms with E-state index in [2.05, 4.69) is 20.9 Å².